The standard InChI is InChI=1S/C16H19N/c1-3-14(2)16-9-11-17(12-10-16)13-15-7-5-4-6-8-15/h4-12H,3,13H2,1-2H3. The number of nitrogens with zero attached hydrogens (tertiary/aromatic N) is 1. The van der Waals surface area contributed by atoms with Crippen LogP contribution in [-0.2, 0) is 6.54 Å². The molecule has 1 nitrogen and oxygen atoms in total. The SMILES string of the molecule is CCC(C)=C1C=CN(Cc2ccccc2)C=C1. The molecule has 1 aliphatic rings. The summed E-state index contributed by atoms with van der Waals surface area (Å²) in [5.41, 5.74) is 4.12. The molecule has 0 bridgehead atoms. The Hall–Kier alpha value is -1.76. The van der Waals surface area contributed by atoms with Crippen molar-refractivity contribution in [2.45, 2.75) is 26.8 Å². The second-order valence-electron chi connectivity index (χ2n) is 4.38. The molecule has 1 heteroatoms. The third-order valence-corrected chi connectivity index (χ3v) is 3.12. The van der Waals surface area contributed by atoms with Crippen LogP contribution < -0.4 is 0 Å². The Morgan fingerprint density at radius 1 is 1.06 bits per heavy atom. The average molecular weight is 225 g/mol. The molecule has 17 heavy (non-hydrogen) atoms. The van der Waals surface area contributed by atoms with Crippen LogP contribution in [0.15, 0.2) is 66.0 Å². The van der Waals surface area contributed by atoms with Crippen molar-refractivity contribution in [3.63, 3.8) is 0 Å². The molecular formula is C16H19N. The van der Waals surface area contributed by atoms with Crippen molar-refractivity contribution in [2.75, 3.05) is 0 Å². The average Bonchev–Trinajstić information content (AvgIpc) is 2.40. The highest BCUT2D eigenvalue weighted by atomic mass is 15.1. The Labute approximate surface area is 104 Å². The molecule has 0 aromatic heterocycles. The zero-order valence-corrected chi connectivity index (χ0v) is 10.6. The first-order valence-corrected chi connectivity index (χ1v) is 6.15. The lowest BCUT2D eigenvalue weighted by molar-refractivity contribution is 0.497. The van der Waals surface area contributed by atoms with Crippen LogP contribution in [0.25, 0.3) is 0 Å². The number of allylic oxidation sites excluding steroid dienone is 4. The van der Waals surface area contributed by atoms with E-state index in [1.165, 1.54) is 16.7 Å². The summed E-state index contributed by atoms with van der Waals surface area (Å²) in [6.45, 7) is 5.32. The van der Waals surface area contributed by atoms with Crippen molar-refractivity contribution in [3.05, 3.63) is 71.6 Å². The molecular weight excluding hydrogens is 206 g/mol. The summed E-state index contributed by atoms with van der Waals surface area (Å²) >= 11 is 0. The van der Waals surface area contributed by atoms with E-state index in [4.69, 9.17) is 0 Å². The van der Waals surface area contributed by atoms with E-state index in [9.17, 15) is 0 Å². The van der Waals surface area contributed by atoms with Gasteiger partial charge in [0.1, 0.15) is 0 Å². The minimum absolute atomic E-state index is 0.937. The highest BCUT2D eigenvalue weighted by Gasteiger charge is 2.03. The Bertz CT molecular complexity index is 436. The Morgan fingerprint density at radius 2 is 1.71 bits per heavy atom. The highest BCUT2D eigenvalue weighted by molar-refractivity contribution is 5.37. The van der Waals surface area contributed by atoms with Gasteiger partial charge in [0, 0.05) is 18.9 Å². The maximum atomic E-state index is 2.21. The third-order valence-electron chi connectivity index (χ3n) is 3.12. The molecule has 88 valence electrons. The lowest BCUT2D eigenvalue weighted by Gasteiger charge is -2.19. The fraction of sp³-hybridized carbons (Fsp3) is 0.250. The van der Waals surface area contributed by atoms with Crippen molar-refractivity contribution < 1.29 is 0 Å². The van der Waals surface area contributed by atoms with Gasteiger partial charge in [-0.2, -0.15) is 0 Å². The predicted octanol–water partition coefficient (Wildman–Crippen LogP) is 4.26. The van der Waals surface area contributed by atoms with E-state index in [1.807, 2.05) is 0 Å². The van der Waals surface area contributed by atoms with Gasteiger partial charge in [-0.05, 0) is 36.6 Å². The molecule has 0 saturated carbocycles. The van der Waals surface area contributed by atoms with Crippen molar-refractivity contribution in [1.29, 1.82) is 0 Å². The lowest BCUT2D eigenvalue weighted by atomic mass is 10.1. The van der Waals surface area contributed by atoms with Crippen LogP contribution in [0.1, 0.15) is 25.8 Å². The maximum absolute atomic E-state index is 2.21. The smallest absolute Gasteiger partial charge is 0.0470 e. The molecule has 0 amide bonds. The molecule has 1 aromatic carbocycles. The first-order chi connectivity index (χ1) is 8.29. The molecule has 1 heterocycles. The first-order valence-electron chi connectivity index (χ1n) is 6.15. The molecule has 0 aliphatic carbocycles. The van der Waals surface area contributed by atoms with E-state index in [2.05, 4.69) is 73.6 Å². The van der Waals surface area contributed by atoms with E-state index in [1.54, 1.807) is 0 Å². The molecule has 1 aliphatic heterocycles. The van der Waals surface area contributed by atoms with Crippen LogP contribution in [-0.4, -0.2) is 4.90 Å². The quantitative estimate of drug-likeness (QED) is 0.743. The van der Waals surface area contributed by atoms with Gasteiger partial charge in [-0.1, -0.05) is 42.8 Å². The van der Waals surface area contributed by atoms with Crippen LogP contribution in [0.3, 0.4) is 0 Å². The summed E-state index contributed by atoms with van der Waals surface area (Å²) in [5, 5.41) is 0. The minimum Gasteiger partial charge on any atom is -0.350 e. The summed E-state index contributed by atoms with van der Waals surface area (Å²) in [6.07, 6.45) is 9.81. The molecule has 0 N–H and O–H groups in total. The summed E-state index contributed by atoms with van der Waals surface area (Å²) in [5.74, 6) is 0. The first kappa shape index (κ1) is 11.7. The van der Waals surface area contributed by atoms with Crippen LogP contribution in [0.2, 0.25) is 0 Å². The Morgan fingerprint density at radius 3 is 2.29 bits per heavy atom. The van der Waals surface area contributed by atoms with Crippen molar-refractivity contribution >= 4 is 0 Å². The van der Waals surface area contributed by atoms with E-state index in [-0.39, 0.29) is 0 Å². The summed E-state index contributed by atoms with van der Waals surface area (Å²) in [6, 6.07) is 10.5. The number of rotatable bonds is 3. The van der Waals surface area contributed by atoms with Gasteiger partial charge in [0.25, 0.3) is 0 Å². The predicted molar refractivity (Wildman–Crippen MR) is 73.3 cm³/mol. The normalized spacial score (nSPS) is 14.2. The maximum Gasteiger partial charge on any atom is 0.0470 e. The number of hydrogen-bond donors (Lipinski definition) is 0. The molecule has 0 radical (unpaired) electrons. The monoisotopic (exact) mass is 225 g/mol. The molecule has 0 atom stereocenters. The van der Waals surface area contributed by atoms with Gasteiger partial charge in [0.05, 0.1) is 0 Å². The summed E-state index contributed by atoms with van der Waals surface area (Å²) < 4.78 is 0. The Kier molecular flexibility index (Phi) is 3.81. The molecule has 0 saturated heterocycles. The largest absolute Gasteiger partial charge is 0.350 e. The second kappa shape index (κ2) is 5.53. The van der Waals surface area contributed by atoms with Crippen molar-refractivity contribution in [3.8, 4) is 0 Å². The van der Waals surface area contributed by atoms with Gasteiger partial charge >= 0.3 is 0 Å². The molecule has 0 unspecified atom stereocenters. The van der Waals surface area contributed by atoms with Crippen molar-refractivity contribution in [2.24, 2.45) is 0 Å². The van der Waals surface area contributed by atoms with E-state index in [0.29, 0.717) is 0 Å². The molecule has 0 spiro atoms. The third kappa shape index (κ3) is 3.10. The van der Waals surface area contributed by atoms with Gasteiger partial charge in [0.15, 0.2) is 0 Å². The number of benzene rings is 1. The summed E-state index contributed by atoms with van der Waals surface area (Å²) in [4.78, 5) is 2.21. The second-order valence-corrected chi connectivity index (χ2v) is 4.38. The zero-order valence-electron chi connectivity index (χ0n) is 10.6. The van der Waals surface area contributed by atoms with E-state index >= 15 is 0 Å². The molecule has 0 fully saturated rings. The van der Waals surface area contributed by atoms with Gasteiger partial charge in [-0.3, -0.25) is 0 Å². The highest BCUT2D eigenvalue weighted by Crippen LogP contribution is 2.17. The van der Waals surface area contributed by atoms with Crippen LogP contribution in [0, 0.1) is 0 Å². The van der Waals surface area contributed by atoms with Crippen LogP contribution >= 0.6 is 0 Å². The fourth-order valence-electron chi connectivity index (χ4n) is 1.85. The van der Waals surface area contributed by atoms with Gasteiger partial charge in [-0.25, -0.2) is 0 Å². The summed E-state index contributed by atoms with van der Waals surface area (Å²) in [7, 11) is 0. The van der Waals surface area contributed by atoms with Crippen LogP contribution in [0.4, 0.5) is 0 Å². The van der Waals surface area contributed by atoms with Gasteiger partial charge in [0.2, 0.25) is 0 Å². The molecule has 2 rings (SSSR count). The van der Waals surface area contributed by atoms with E-state index in [0.717, 1.165) is 13.0 Å². The number of hydrogen-bond acceptors (Lipinski definition) is 1. The lowest BCUT2D eigenvalue weighted by Crippen LogP contribution is -2.11. The fourth-order valence-corrected chi connectivity index (χ4v) is 1.85. The molecule has 1 aromatic rings. The Balaban J connectivity index is 2.03. The van der Waals surface area contributed by atoms with Crippen molar-refractivity contribution in [1.82, 2.24) is 4.90 Å². The van der Waals surface area contributed by atoms with E-state index < -0.39 is 0 Å². The minimum atomic E-state index is 0.937. The van der Waals surface area contributed by atoms with Gasteiger partial charge < -0.3 is 4.90 Å². The van der Waals surface area contributed by atoms with Gasteiger partial charge in [-0.15, -0.1) is 0 Å². The van der Waals surface area contributed by atoms with Crippen LogP contribution in [0.5, 0.6) is 0 Å². The zero-order chi connectivity index (χ0) is 12.1. The topological polar surface area (TPSA) is 3.24 Å².